The Kier molecular flexibility index (Phi) is 5.67. The highest BCUT2D eigenvalue weighted by Crippen LogP contribution is 2.18. The Morgan fingerprint density at radius 2 is 1.63 bits per heavy atom. The molecule has 0 aliphatic rings. The van der Waals surface area contributed by atoms with Gasteiger partial charge in [0.2, 0.25) is 0 Å². The average molecular weight is 359 g/mol. The monoisotopic (exact) mass is 359 g/mol. The standard InChI is InChI=1S/C23H21NO3/c1-16-6-3-7-18(12-16)15-27-22-11-5-9-20(14-22)23(26)24-21-10-4-8-19(13-21)17(2)25/h3-14H,15H2,1-2H3,(H,24,26). The lowest BCUT2D eigenvalue weighted by Crippen LogP contribution is -2.12. The highest BCUT2D eigenvalue weighted by molar-refractivity contribution is 6.05. The molecule has 0 heterocycles. The summed E-state index contributed by atoms with van der Waals surface area (Å²) in [6.07, 6.45) is 0. The van der Waals surface area contributed by atoms with Gasteiger partial charge in [-0.3, -0.25) is 9.59 Å². The quantitative estimate of drug-likeness (QED) is 0.628. The van der Waals surface area contributed by atoms with Crippen LogP contribution in [0.4, 0.5) is 5.69 Å². The number of ketones is 1. The van der Waals surface area contributed by atoms with Crippen molar-refractivity contribution in [2.45, 2.75) is 20.5 Å². The molecule has 0 aliphatic heterocycles. The predicted octanol–water partition coefficient (Wildman–Crippen LogP) is 5.03. The Morgan fingerprint density at radius 3 is 2.41 bits per heavy atom. The first-order valence-corrected chi connectivity index (χ1v) is 8.72. The number of anilines is 1. The van der Waals surface area contributed by atoms with Crippen LogP contribution >= 0.6 is 0 Å². The molecule has 0 bridgehead atoms. The minimum absolute atomic E-state index is 0.0438. The van der Waals surface area contributed by atoms with Crippen LogP contribution in [-0.2, 0) is 6.61 Å². The van der Waals surface area contributed by atoms with Crippen molar-refractivity contribution in [2.75, 3.05) is 5.32 Å². The molecule has 0 spiro atoms. The fourth-order valence-electron chi connectivity index (χ4n) is 2.71. The zero-order valence-electron chi connectivity index (χ0n) is 15.4. The van der Waals surface area contributed by atoms with Gasteiger partial charge in [0.15, 0.2) is 5.78 Å². The normalized spacial score (nSPS) is 10.3. The Morgan fingerprint density at radius 1 is 0.889 bits per heavy atom. The molecule has 4 heteroatoms. The van der Waals surface area contributed by atoms with E-state index >= 15 is 0 Å². The number of carbonyl (C=O) groups is 2. The van der Waals surface area contributed by atoms with Gasteiger partial charge in [-0.2, -0.15) is 0 Å². The Bertz CT molecular complexity index is 979. The minimum Gasteiger partial charge on any atom is -0.489 e. The van der Waals surface area contributed by atoms with Crippen molar-refractivity contribution >= 4 is 17.4 Å². The number of nitrogens with one attached hydrogen (secondary N) is 1. The van der Waals surface area contributed by atoms with E-state index in [1.807, 2.05) is 31.2 Å². The number of Topliss-reactive ketones (excluding diaryl/α,β-unsaturated/α-hetero) is 1. The molecular weight excluding hydrogens is 338 g/mol. The van der Waals surface area contributed by atoms with E-state index in [9.17, 15) is 9.59 Å². The average Bonchev–Trinajstić information content (AvgIpc) is 2.67. The van der Waals surface area contributed by atoms with Crippen LogP contribution in [0.15, 0.2) is 72.8 Å². The predicted molar refractivity (Wildman–Crippen MR) is 106 cm³/mol. The van der Waals surface area contributed by atoms with E-state index in [4.69, 9.17) is 4.74 Å². The van der Waals surface area contributed by atoms with Crippen molar-refractivity contribution in [2.24, 2.45) is 0 Å². The number of aryl methyl sites for hydroxylation is 1. The molecule has 4 nitrogen and oxygen atoms in total. The first-order valence-electron chi connectivity index (χ1n) is 8.72. The van der Waals surface area contributed by atoms with Gasteiger partial charge in [0.1, 0.15) is 12.4 Å². The summed E-state index contributed by atoms with van der Waals surface area (Å²) in [6.45, 7) is 3.97. The van der Waals surface area contributed by atoms with Gasteiger partial charge >= 0.3 is 0 Å². The molecule has 0 atom stereocenters. The lowest BCUT2D eigenvalue weighted by atomic mass is 10.1. The number of amides is 1. The number of rotatable bonds is 6. The van der Waals surface area contributed by atoms with E-state index in [-0.39, 0.29) is 11.7 Å². The van der Waals surface area contributed by atoms with Gasteiger partial charge in [-0.05, 0) is 49.7 Å². The van der Waals surface area contributed by atoms with Crippen LogP contribution in [0, 0.1) is 6.92 Å². The Balaban J connectivity index is 1.68. The summed E-state index contributed by atoms with van der Waals surface area (Å²) in [5, 5.41) is 2.82. The lowest BCUT2D eigenvalue weighted by Gasteiger charge is -2.10. The summed E-state index contributed by atoms with van der Waals surface area (Å²) < 4.78 is 5.81. The number of carbonyl (C=O) groups excluding carboxylic acids is 2. The fourth-order valence-corrected chi connectivity index (χ4v) is 2.71. The van der Waals surface area contributed by atoms with E-state index in [0.717, 1.165) is 5.56 Å². The second-order valence-corrected chi connectivity index (χ2v) is 6.40. The number of ether oxygens (including phenoxy) is 1. The van der Waals surface area contributed by atoms with Crippen LogP contribution in [0.1, 0.15) is 38.8 Å². The first kappa shape index (κ1) is 18.4. The molecule has 27 heavy (non-hydrogen) atoms. The zero-order chi connectivity index (χ0) is 19.2. The molecule has 0 aromatic heterocycles. The van der Waals surface area contributed by atoms with Gasteiger partial charge in [-0.25, -0.2) is 0 Å². The maximum absolute atomic E-state index is 12.5. The van der Waals surface area contributed by atoms with Crippen molar-refractivity contribution in [1.82, 2.24) is 0 Å². The molecule has 3 aromatic rings. The first-order chi connectivity index (χ1) is 13.0. The van der Waals surface area contributed by atoms with Crippen molar-refractivity contribution < 1.29 is 14.3 Å². The van der Waals surface area contributed by atoms with Crippen LogP contribution in [0.25, 0.3) is 0 Å². The summed E-state index contributed by atoms with van der Waals surface area (Å²) >= 11 is 0. The second-order valence-electron chi connectivity index (χ2n) is 6.40. The van der Waals surface area contributed by atoms with Gasteiger partial charge in [-0.15, -0.1) is 0 Å². The molecule has 0 aliphatic carbocycles. The third kappa shape index (κ3) is 5.05. The topological polar surface area (TPSA) is 55.4 Å². The van der Waals surface area contributed by atoms with Crippen LogP contribution in [0.2, 0.25) is 0 Å². The van der Waals surface area contributed by atoms with Crippen LogP contribution in [0.3, 0.4) is 0 Å². The maximum Gasteiger partial charge on any atom is 0.255 e. The number of hydrogen-bond acceptors (Lipinski definition) is 3. The minimum atomic E-state index is -0.253. The maximum atomic E-state index is 12.5. The van der Waals surface area contributed by atoms with Crippen LogP contribution in [-0.4, -0.2) is 11.7 Å². The van der Waals surface area contributed by atoms with Gasteiger partial charge in [-0.1, -0.05) is 48.0 Å². The summed E-state index contributed by atoms with van der Waals surface area (Å²) in [7, 11) is 0. The van der Waals surface area contributed by atoms with Gasteiger partial charge < -0.3 is 10.1 Å². The Hall–Kier alpha value is -3.40. The van der Waals surface area contributed by atoms with E-state index in [1.165, 1.54) is 12.5 Å². The molecule has 136 valence electrons. The molecule has 0 fully saturated rings. The largest absolute Gasteiger partial charge is 0.489 e. The smallest absolute Gasteiger partial charge is 0.255 e. The molecule has 1 amide bonds. The third-order valence-electron chi connectivity index (χ3n) is 4.11. The van der Waals surface area contributed by atoms with E-state index in [2.05, 4.69) is 11.4 Å². The molecule has 0 saturated heterocycles. The van der Waals surface area contributed by atoms with Crippen molar-refractivity contribution in [3.63, 3.8) is 0 Å². The lowest BCUT2D eigenvalue weighted by molar-refractivity contribution is 0.101. The van der Waals surface area contributed by atoms with Gasteiger partial charge in [0.05, 0.1) is 0 Å². The third-order valence-corrected chi connectivity index (χ3v) is 4.11. The van der Waals surface area contributed by atoms with Gasteiger partial charge in [0.25, 0.3) is 5.91 Å². The molecule has 1 N–H and O–H groups in total. The molecule has 0 radical (unpaired) electrons. The molecule has 3 aromatic carbocycles. The van der Waals surface area contributed by atoms with Crippen molar-refractivity contribution in [3.8, 4) is 5.75 Å². The van der Waals surface area contributed by atoms with E-state index < -0.39 is 0 Å². The summed E-state index contributed by atoms with van der Waals surface area (Å²) in [5.74, 6) is 0.330. The van der Waals surface area contributed by atoms with E-state index in [1.54, 1.807) is 42.5 Å². The summed E-state index contributed by atoms with van der Waals surface area (Å²) in [4.78, 5) is 24.0. The number of hydrogen-bond donors (Lipinski definition) is 1. The molecular formula is C23H21NO3. The summed E-state index contributed by atoms with van der Waals surface area (Å²) in [5.41, 5.74) is 3.88. The second kappa shape index (κ2) is 8.32. The molecule has 0 unspecified atom stereocenters. The SMILES string of the molecule is CC(=O)c1cccc(NC(=O)c2cccc(OCc3cccc(C)c3)c2)c1. The highest BCUT2D eigenvalue weighted by Gasteiger charge is 2.09. The van der Waals surface area contributed by atoms with Crippen LogP contribution in [0.5, 0.6) is 5.75 Å². The summed E-state index contributed by atoms with van der Waals surface area (Å²) in [6, 6.07) is 22.0. The van der Waals surface area contributed by atoms with Crippen LogP contribution < -0.4 is 10.1 Å². The highest BCUT2D eigenvalue weighted by atomic mass is 16.5. The number of benzene rings is 3. The zero-order valence-corrected chi connectivity index (χ0v) is 15.4. The molecule has 3 rings (SSSR count). The Labute approximate surface area is 158 Å². The van der Waals surface area contributed by atoms with Gasteiger partial charge in [0, 0.05) is 16.8 Å². The molecule has 0 saturated carbocycles. The fraction of sp³-hybridized carbons (Fsp3) is 0.130. The van der Waals surface area contributed by atoms with Crippen molar-refractivity contribution in [1.29, 1.82) is 0 Å². The van der Waals surface area contributed by atoms with Crippen molar-refractivity contribution in [3.05, 3.63) is 95.1 Å². The van der Waals surface area contributed by atoms with E-state index in [0.29, 0.717) is 29.2 Å².